The van der Waals surface area contributed by atoms with Crippen molar-refractivity contribution in [1.29, 1.82) is 0 Å². The normalized spacial score (nSPS) is 22.1. The molecule has 0 radical (unpaired) electrons. The summed E-state index contributed by atoms with van der Waals surface area (Å²) in [5.74, 6) is -1.38. The van der Waals surface area contributed by atoms with Gasteiger partial charge in [-0.3, -0.25) is 23.9 Å². The van der Waals surface area contributed by atoms with E-state index in [1.807, 2.05) is 6.08 Å². The zero-order chi connectivity index (χ0) is 36.2. The van der Waals surface area contributed by atoms with Gasteiger partial charge in [0.25, 0.3) is 0 Å². The Kier molecular flexibility index (Phi) is 8.42. The average molecular weight is 702 g/mol. The number of alkyl halides is 3. The van der Waals surface area contributed by atoms with Crippen LogP contribution in [0.1, 0.15) is 72.3 Å². The summed E-state index contributed by atoms with van der Waals surface area (Å²) in [6, 6.07) is 2.27. The molecule has 1 saturated carbocycles. The van der Waals surface area contributed by atoms with Crippen molar-refractivity contribution in [1.82, 2.24) is 39.9 Å². The van der Waals surface area contributed by atoms with Crippen molar-refractivity contribution in [2.75, 3.05) is 11.9 Å². The van der Waals surface area contributed by atoms with Gasteiger partial charge in [-0.1, -0.05) is 12.1 Å². The van der Waals surface area contributed by atoms with Crippen molar-refractivity contribution in [2.45, 2.75) is 77.7 Å². The molecule has 51 heavy (non-hydrogen) atoms. The minimum atomic E-state index is -4.73. The standard InChI is InChI=1S/C35H34F3N9O4/c1-18-9-10-26(35(36,37)38)43-32(18)44-33(51)25-12-34-13-27(34)47(25)29(50)16-46-31-22(30(45-46)19(2)48)11-24(21-14-39-20(3)40-15-21)42-23(31)7-5-4-6-8-28(49)41-17-34/h5,7,9-11,14-15,25,27H,4,6,8,12-13,16-17H2,1-3H3,(H,41,49)(H,43,44,51)/t25-,27+,34-/m0/s1. The van der Waals surface area contributed by atoms with Crippen LogP contribution in [0.25, 0.3) is 28.2 Å². The Morgan fingerprint density at radius 1 is 1.08 bits per heavy atom. The molecule has 2 bridgehead atoms. The van der Waals surface area contributed by atoms with Crippen molar-refractivity contribution < 1.29 is 32.3 Å². The lowest BCUT2D eigenvalue weighted by Gasteiger charge is -2.27. The topological polar surface area (TPSA) is 165 Å². The number of rotatable bonds is 4. The fourth-order valence-electron chi connectivity index (χ4n) is 7.03. The summed E-state index contributed by atoms with van der Waals surface area (Å²) < 4.78 is 41.8. The summed E-state index contributed by atoms with van der Waals surface area (Å²) in [6.07, 6.45) is 4.21. The quantitative estimate of drug-likeness (QED) is 0.293. The molecular formula is C35H34F3N9O4. The number of hydrogen-bond acceptors (Lipinski definition) is 9. The Balaban J connectivity index is 1.29. The van der Waals surface area contributed by atoms with Crippen molar-refractivity contribution in [3.05, 3.63) is 65.1 Å². The van der Waals surface area contributed by atoms with Gasteiger partial charge in [-0.2, -0.15) is 18.3 Å². The number of Topliss-reactive ketones (excluding diaryl/α,β-unsaturated/α-hetero) is 1. The molecule has 2 N–H and O–H groups in total. The van der Waals surface area contributed by atoms with Gasteiger partial charge in [-0.05, 0) is 63.3 Å². The maximum atomic E-state index is 14.3. The predicted octanol–water partition coefficient (Wildman–Crippen LogP) is 4.43. The van der Waals surface area contributed by atoms with E-state index in [9.17, 15) is 32.3 Å². The number of pyridine rings is 2. The molecule has 2 fully saturated rings. The number of carbonyl (C=O) groups excluding carboxylic acids is 4. The number of aryl methyl sites for hydroxylation is 2. The van der Waals surface area contributed by atoms with E-state index in [1.165, 1.54) is 29.5 Å². The van der Waals surface area contributed by atoms with E-state index in [2.05, 4.69) is 30.7 Å². The highest BCUT2D eigenvalue weighted by Gasteiger charge is 2.67. The second-order valence-corrected chi connectivity index (χ2v) is 13.4. The van der Waals surface area contributed by atoms with Crippen molar-refractivity contribution >= 4 is 46.3 Å². The Morgan fingerprint density at radius 3 is 2.57 bits per heavy atom. The fourth-order valence-corrected chi connectivity index (χ4v) is 7.03. The highest BCUT2D eigenvalue weighted by molar-refractivity contribution is 6.07. The Bertz CT molecular complexity index is 2130. The van der Waals surface area contributed by atoms with E-state index in [-0.39, 0.29) is 49.1 Å². The van der Waals surface area contributed by atoms with Gasteiger partial charge in [-0.25, -0.2) is 19.9 Å². The van der Waals surface area contributed by atoms with E-state index >= 15 is 0 Å². The minimum absolute atomic E-state index is 0.124. The largest absolute Gasteiger partial charge is 0.433 e. The van der Waals surface area contributed by atoms with Gasteiger partial charge in [-0.15, -0.1) is 0 Å². The van der Waals surface area contributed by atoms with Crippen molar-refractivity contribution in [2.24, 2.45) is 5.41 Å². The average Bonchev–Trinajstić information content (AvgIpc) is 3.49. The lowest BCUT2D eigenvalue weighted by Crippen LogP contribution is -2.47. The number of anilines is 1. The number of carbonyl (C=O) groups is 4. The third-order valence-electron chi connectivity index (χ3n) is 9.77. The molecule has 4 aromatic rings. The molecule has 7 rings (SSSR count). The summed E-state index contributed by atoms with van der Waals surface area (Å²) in [5, 5.41) is 10.5. The van der Waals surface area contributed by atoms with Crippen LogP contribution in [0.15, 0.2) is 36.7 Å². The first-order chi connectivity index (χ1) is 24.2. The lowest BCUT2D eigenvalue weighted by molar-refractivity contribution is -0.141. The molecular weight excluding hydrogens is 667 g/mol. The van der Waals surface area contributed by atoms with Gasteiger partial charge in [0.05, 0.1) is 16.9 Å². The van der Waals surface area contributed by atoms with Crippen LogP contribution in [-0.2, 0) is 27.1 Å². The third kappa shape index (κ3) is 6.45. The highest BCUT2D eigenvalue weighted by atomic mass is 19.4. The molecule has 6 heterocycles. The van der Waals surface area contributed by atoms with Crippen LogP contribution < -0.4 is 10.6 Å². The van der Waals surface area contributed by atoms with Crippen molar-refractivity contribution in [3.8, 4) is 11.3 Å². The van der Waals surface area contributed by atoms with Gasteiger partial charge in [0.15, 0.2) is 5.78 Å². The van der Waals surface area contributed by atoms with Crippen LogP contribution in [-0.4, -0.2) is 76.7 Å². The molecule has 0 spiro atoms. The van der Waals surface area contributed by atoms with E-state index < -0.39 is 41.2 Å². The number of aromatic nitrogens is 6. The summed E-state index contributed by atoms with van der Waals surface area (Å²) in [7, 11) is 0. The summed E-state index contributed by atoms with van der Waals surface area (Å²) in [4.78, 5) is 72.4. The van der Waals surface area contributed by atoms with Gasteiger partial charge < -0.3 is 15.5 Å². The maximum Gasteiger partial charge on any atom is 0.433 e. The number of halogens is 3. The molecule has 3 aliphatic rings. The summed E-state index contributed by atoms with van der Waals surface area (Å²) in [6.45, 7) is 4.53. The molecule has 0 unspecified atom stereocenters. The lowest BCUT2D eigenvalue weighted by atomic mass is 9.98. The zero-order valence-corrected chi connectivity index (χ0v) is 28.0. The number of amides is 3. The second kappa shape index (κ2) is 12.7. The smallest absolute Gasteiger partial charge is 0.355 e. The van der Waals surface area contributed by atoms with Crippen LogP contribution >= 0.6 is 0 Å². The number of ketones is 1. The van der Waals surface area contributed by atoms with E-state index in [4.69, 9.17) is 4.98 Å². The van der Waals surface area contributed by atoms with Crippen molar-refractivity contribution in [3.63, 3.8) is 0 Å². The van der Waals surface area contributed by atoms with Crippen LogP contribution in [0.4, 0.5) is 19.0 Å². The van der Waals surface area contributed by atoms with Gasteiger partial charge in [0.2, 0.25) is 17.7 Å². The van der Waals surface area contributed by atoms with Gasteiger partial charge >= 0.3 is 6.18 Å². The number of allylic oxidation sites excluding steroid dienone is 1. The van der Waals surface area contributed by atoms with Crippen LogP contribution in [0.5, 0.6) is 0 Å². The van der Waals surface area contributed by atoms with Crippen LogP contribution in [0.3, 0.4) is 0 Å². The Labute approximate surface area is 289 Å². The molecule has 4 aromatic heterocycles. The second-order valence-electron chi connectivity index (χ2n) is 13.4. The van der Waals surface area contributed by atoms with Crippen LogP contribution in [0.2, 0.25) is 0 Å². The number of hydrogen-bond donors (Lipinski definition) is 2. The summed E-state index contributed by atoms with van der Waals surface area (Å²) in [5.41, 5.74) is 0.638. The predicted molar refractivity (Wildman–Crippen MR) is 178 cm³/mol. The molecule has 3 atom stereocenters. The maximum absolute atomic E-state index is 14.3. The first-order valence-corrected chi connectivity index (χ1v) is 16.6. The van der Waals surface area contributed by atoms with E-state index in [0.29, 0.717) is 58.5 Å². The Morgan fingerprint density at radius 2 is 1.84 bits per heavy atom. The van der Waals surface area contributed by atoms with Gasteiger partial charge in [0, 0.05) is 54.7 Å². The molecule has 1 saturated heterocycles. The monoisotopic (exact) mass is 701 g/mol. The van der Waals surface area contributed by atoms with E-state index in [1.54, 1.807) is 31.5 Å². The van der Waals surface area contributed by atoms with E-state index in [0.717, 1.165) is 6.07 Å². The zero-order valence-electron chi connectivity index (χ0n) is 28.0. The molecule has 13 nitrogen and oxygen atoms in total. The fraction of sp³-hybridized carbons (Fsp3) is 0.400. The van der Waals surface area contributed by atoms with Crippen LogP contribution in [0, 0.1) is 19.3 Å². The molecule has 2 aliphatic heterocycles. The number of nitrogens with one attached hydrogen (secondary N) is 2. The molecule has 16 heteroatoms. The highest BCUT2D eigenvalue weighted by Crippen LogP contribution is 2.59. The number of nitrogens with zero attached hydrogens (tertiary/aromatic N) is 7. The third-order valence-corrected chi connectivity index (χ3v) is 9.77. The minimum Gasteiger partial charge on any atom is -0.355 e. The SMILES string of the molecule is CC(=O)c1nn2c3c(nc(-c4cnc(C)nc4)cc13)C=CCCCC(=O)NC[C@@]13C[C@@H](C(=O)Nc4nc(C(F)(F)F)ccc4C)N(C(=O)C2)[C@@H]1C3. The first-order valence-electron chi connectivity index (χ1n) is 16.6. The molecule has 3 amide bonds. The molecule has 264 valence electrons. The Hall–Kier alpha value is -5.54. The summed E-state index contributed by atoms with van der Waals surface area (Å²) >= 11 is 0. The molecule has 1 aliphatic carbocycles. The van der Waals surface area contributed by atoms with Gasteiger partial charge in [0.1, 0.15) is 35.6 Å². The first kappa shape index (κ1) is 33.9. The number of piperidine rings is 1. The molecule has 0 aromatic carbocycles.